The average Bonchev–Trinajstić information content (AvgIpc) is 2.15. The van der Waals surface area contributed by atoms with Gasteiger partial charge in [-0.3, -0.25) is 0 Å². The monoisotopic (exact) mass is 222 g/mol. The van der Waals surface area contributed by atoms with Crippen LogP contribution in [0.15, 0.2) is 0 Å². The summed E-state index contributed by atoms with van der Waals surface area (Å²) in [5.74, 6) is 0. The molecule has 0 aliphatic heterocycles. The molecule has 0 fully saturated rings. The molecular formula is C8H18O5Si. The predicted molar refractivity (Wildman–Crippen MR) is 51.8 cm³/mol. The van der Waals surface area contributed by atoms with Gasteiger partial charge in [-0.25, -0.2) is 0 Å². The zero-order chi connectivity index (χ0) is 10.6. The topological polar surface area (TPSA) is 54.0 Å². The summed E-state index contributed by atoms with van der Waals surface area (Å²) in [6.45, 7) is 4.64. The lowest BCUT2D eigenvalue weighted by Crippen LogP contribution is -2.13. The van der Waals surface area contributed by atoms with Gasteiger partial charge in [0.05, 0.1) is 39.6 Å². The minimum Gasteiger partial charge on any atom is -0.522 e. The van der Waals surface area contributed by atoms with E-state index in [4.69, 9.17) is 18.6 Å². The normalized spacial score (nSPS) is 10.1. The molecule has 84 valence electrons. The molecule has 0 aliphatic rings. The van der Waals surface area contributed by atoms with Crippen LogP contribution in [-0.4, -0.2) is 55.7 Å². The summed E-state index contributed by atoms with van der Waals surface area (Å²) in [6, 6.07) is 0. The molecule has 0 N–H and O–H groups in total. The third-order valence-corrected chi connectivity index (χ3v) is 1.95. The zero-order valence-corrected chi connectivity index (χ0v) is 9.78. The van der Waals surface area contributed by atoms with Gasteiger partial charge in [-0.2, -0.15) is 0 Å². The Labute approximate surface area is 86.1 Å². The first-order chi connectivity index (χ1) is 6.77. The van der Waals surface area contributed by atoms with Gasteiger partial charge in [0.25, 0.3) is 0 Å². The molecule has 0 aromatic rings. The fraction of sp³-hybridized carbons (Fsp3) is 1.00. The van der Waals surface area contributed by atoms with Crippen molar-refractivity contribution in [2.45, 2.75) is 6.55 Å². The maximum Gasteiger partial charge on any atom is 0.499 e. The third-order valence-electron chi connectivity index (χ3n) is 1.34. The number of hydrogen-bond acceptors (Lipinski definition) is 5. The van der Waals surface area contributed by atoms with E-state index < -0.39 is 8.93 Å². The lowest BCUT2D eigenvalue weighted by molar-refractivity contribution is 0.0174. The average molecular weight is 222 g/mol. The molecule has 0 radical (unpaired) electrons. The quantitative estimate of drug-likeness (QED) is 0.391. The second-order valence-electron chi connectivity index (χ2n) is 2.56. The van der Waals surface area contributed by atoms with Crippen LogP contribution in [-0.2, 0) is 23.1 Å². The van der Waals surface area contributed by atoms with Crippen LogP contribution < -0.4 is 0 Å². The Kier molecular flexibility index (Phi) is 10.5. The second-order valence-corrected chi connectivity index (χ2v) is 3.83. The molecule has 0 unspecified atom stereocenters. The van der Waals surface area contributed by atoms with Gasteiger partial charge >= 0.3 is 8.93 Å². The first-order valence-electron chi connectivity index (χ1n) is 4.55. The molecule has 0 amide bonds. The van der Waals surface area contributed by atoms with E-state index in [1.807, 2.05) is 0 Å². The SMILES string of the molecule is COCCOCCOCCO[Si](C)=O. The molecule has 0 spiro atoms. The van der Waals surface area contributed by atoms with Crippen molar-refractivity contribution >= 4 is 8.93 Å². The molecule has 0 rings (SSSR count). The highest BCUT2D eigenvalue weighted by Gasteiger charge is 1.95. The van der Waals surface area contributed by atoms with Crippen LogP contribution in [0.4, 0.5) is 0 Å². The van der Waals surface area contributed by atoms with Crippen LogP contribution in [0.5, 0.6) is 0 Å². The summed E-state index contributed by atoms with van der Waals surface area (Å²) >= 11 is 0. The number of hydrogen-bond donors (Lipinski definition) is 0. The summed E-state index contributed by atoms with van der Waals surface area (Å²) in [4.78, 5) is 0. The fourth-order valence-electron chi connectivity index (χ4n) is 0.709. The van der Waals surface area contributed by atoms with E-state index in [2.05, 4.69) is 0 Å². The summed E-state index contributed by atoms with van der Waals surface area (Å²) in [7, 11) is -0.188. The van der Waals surface area contributed by atoms with Gasteiger partial charge in [0.1, 0.15) is 0 Å². The van der Waals surface area contributed by atoms with E-state index in [9.17, 15) is 4.46 Å². The first-order valence-corrected chi connectivity index (χ1v) is 6.37. The lowest BCUT2D eigenvalue weighted by Gasteiger charge is -2.05. The molecule has 0 aromatic carbocycles. The number of ether oxygens (including phenoxy) is 3. The van der Waals surface area contributed by atoms with Gasteiger partial charge in [-0.1, -0.05) is 0 Å². The van der Waals surface area contributed by atoms with E-state index >= 15 is 0 Å². The molecule has 0 saturated carbocycles. The Morgan fingerprint density at radius 2 is 1.43 bits per heavy atom. The van der Waals surface area contributed by atoms with Crippen molar-refractivity contribution in [3.8, 4) is 0 Å². The zero-order valence-electron chi connectivity index (χ0n) is 8.78. The summed E-state index contributed by atoms with van der Waals surface area (Å²) in [6.07, 6.45) is 0. The Hall–Kier alpha value is -0.303. The molecule has 0 bridgehead atoms. The summed E-state index contributed by atoms with van der Waals surface area (Å²) in [5, 5.41) is 0. The molecule has 0 aliphatic carbocycles. The largest absolute Gasteiger partial charge is 0.522 e. The maximum atomic E-state index is 10.5. The van der Waals surface area contributed by atoms with Crippen LogP contribution in [0.3, 0.4) is 0 Å². The minimum absolute atomic E-state index is 0.381. The molecule has 14 heavy (non-hydrogen) atoms. The van der Waals surface area contributed by atoms with Crippen molar-refractivity contribution in [3.63, 3.8) is 0 Å². The molecular weight excluding hydrogens is 204 g/mol. The van der Waals surface area contributed by atoms with Crippen molar-refractivity contribution in [3.05, 3.63) is 0 Å². The highest BCUT2D eigenvalue weighted by molar-refractivity contribution is 6.32. The van der Waals surface area contributed by atoms with E-state index in [1.54, 1.807) is 13.7 Å². The molecule has 5 nitrogen and oxygen atoms in total. The minimum atomic E-state index is -1.82. The molecule has 6 heteroatoms. The van der Waals surface area contributed by atoms with Crippen LogP contribution in [0, 0.1) is 0 Å². The summed E-state index contributed by atoms with van der Waals surface area (Å²) < 4.78 is 30.5. The van der Waals surface area contributed by atoms with Crippen molar-refractivity contribution in [2.24, 2.45) is 0 Å². The smallest absolute Gasteiger partial charge is 0.499 e. The van der Waals surface area contributed by atoms with Crippen LogP contribution in [0.25, 0.3) is 0 Å². The Balaban J connectivity index is 2.88. The van der Waals surface area contributed by atoms with E-state index in [1.165, 1.54) is 0 Å². The molecule has 0 atom stereocenters. The first kappa shape index (κ1) is 13.7. The van der Waals surface area contributed by atoms with Gasteiger partial charge in [0.15, 0.2) is 0 Å². The standard InChI is InChI=1S/C8H18O5Si/c1-10-3-4-11-5-6-12-7-8-13-14(2)9/h3-8H2,1-2H3. The predicted octanol–water partition coefficient (Wildman–Crippen LogP) is 0.231. The van der Waals surface area contributed by atoms with Gasteiger partial charge < -0.3 is 23.1 Å². The molecule has 0 heterocycles. The molecule has 0 aromatic heterocycles. The third kappa shape index (κ3) is 11.7. The van der Waals surface area contributed by atoms with Gasteiger partial charge in [-0.05, 0) is 0 Å². The van der Waals surface area contributed by atoms with Crippen molar-refractivity contribution in [1.29, 1.82) is 0 Å². The van der Waals surface area contributed by atoms with Crippen molar-refractivity contribution < 1.29 is 23.1 Å². The Morgan fingerprint density at radius 3 is 1.93 bits per heavy atom. The van der Waals surface area contributed by atoms with Crippen molar-refractivity contribution in [1.82, 2.24) is 0 Å². The van der Waals surface area contributed by atoms with E-state index in [0.717, 1.165) is 0 Å². The van der Waals surface area contributed by atoms with Crippen LogP contribution in [0.1, 0.15) is 0 Å². The second kappa shape index (κ2) is 10.8. The van der Waals surface area contributed by atoms with E-state index in [0.29, 0.717) is 39.6 Å². The van der Waals surface area contributed by atoms with Crippen LogP contribution >= 0.6 is 0 Å². The Morgan fingerprint density at radius 1 is 0.929 bits per heavy atom. The van der Waals surface area contributed by atoms with Gasteiger partial charge in [0, 0.05) is 13.7 Å². The van der Waals surface area contributed by atoms with E-state index in [-0.39, 0.29) is 0 Å². The highest BCUT2D eigenvalue weighted by atomic mass is 28.3. The van der Waals surface area contributed by atoms with Crippen LogP contribution in [0.2, 0.25) is 6.55 Å². The van der Waals surface area contributed by atoms with Gasteiger partial charge in [0.2, 0.25) is 0 Å². The van der Waals surface area contributed by atoms with Crippen molar-refractivity contribution in [2.75, 3.05) is 46.8 Å². The lowest BCUT2D eigenvalue weighted by atomic mass is 10.7. The number of methoxy groups -OCH3 is 1. The maximum absolute atomic E-state index is 10.5. The summed E-state index contributed by atoms with van der Waals surface area (Å²) in [5.41, 5.74) is 0. The molecule has 0 saturated heterocycles. The van der Waals surface area contributed by atoms with Gasteiger partial charge in [-0.15, -0.1) is 0 Å². The number of rotatable bonds is 10. The fourth-order valence-corrected chi connectivity index (χ4v) is 1.08. The Bertz CT molecular complexity index is 142. The highest BCUT2D eigenvalue weighted by Crippen LogP contribution is 1.81.